The average molecular weight is 310 g/mol. The fourth-order valence-corrected chi connectivity index (χ4v) is 3.27. The number of hydrogen-bond donors (Lipinski definition) is 2. The summed E-state index contributed by atoms with van der Waals surface area (Å²) in [5, 5.41) is 7.18. The third-order valence-corrected chi connectivity index (χ3v) is 4.39. The number of aryl methyl sites for hydroxylation is 1. The highest BCUT2D eigenvalue weighted by atomic mass is 32.1. The zero-order valence-electron chi connectivity index (χ0n) is 11.8. The van der Waals surface area contributed by atoms with Crippen molar-refractivity contribution in [3.05, 3.63) is 26.8 Å². The standard InChI is InChI=1S/C13H18N4OS2/c1-7(2)4-9-13(20-8(3)15-9)17-12(18)10-6-19-11(5-14)16-10/h6-7H,4-5,14H2,1-3H3,(H,17,18). The van der Waals surface area contributed by atoms with Crippen LogP contribution in [0.2, 0.25) is 0 Å². The number of nitrogens with one attached hydrogen (secondary N) is 1. The van der Waals surface area contributed by atoms with Gasteiger partial charge in [0, 0.05) is 11.9 Å². The lowest BCUT2D eigenvalue weighted by atomic mass is 10.1. The summed E-state index contributed by atoms with van der Waals surface area (Å²) in [7, 11) is 0. The van der Waals surface area contributed by atoms with Gasteiger partial charge >= 0.3 is 0 Å². The molecule has 2 heterocycles. The summed E-state index contributed by atoms with van der Waals surface area (Å²) in [5.74, 6) is 0.296. The van der Waals surface area contributed by atoms with E-state index in [9.17, 15) is 4.79 Å². The lowest BCUT2D eigenvalue weighted by Gasteiger charge is -2.05. The number of carbonyl (C=O) groups is 1. The molecular formula is C13H18N4OS2. The highest BCUT2D eigenvalue weighted by Crippen LogP contribution is 2.27. The Labute approximate surface area is 126 Å². The van der Waals surface area contributed by atoms with Gasteiger partial charge in [0.1, 0.15) is 15.7 Å². The van der Waals surface area contributed by atoms with Gasteiger partial charge < -0.3 is 11.1 Å². The van der Waals surface area contributed by atoms with Crippen LogP contribution in [-0.2, 0) is 13.0 Å². The van der Waals surface area contributed by atoms with E-state index in [1.54, 1.807) is 5.38 Å². The van der Waals surface area contributed by atoms with Gasteiger partial charge in [-0.2, -0.15) is 0 Å². The van der Waals surface area contributed by atoms with Crippen LogP contribution in [0.15, 0.2) is 5.38 Å². The van der Waals surface area contributed by atoms with Crippen molar-refractivity contribution < 1.29 is 4.79 Å². The Morgan fingerprint density at radius 3 is 2.80 bits per heavy atom. The maximum absolute atomic E-state index is 12.2. The second-order valence-electron chi connectivity index (χ2n) is 4.89. The van der Waals surface area contributed by atoms with Gasteiger partial charge in [-0.05, 0) is 19.3 Å². The minimum Gasteiger partial charge on any atom is -0.325 e. The van der Waals surface area contributed by atoms with Crippen molar-refractivity contribution in [2.75, 3.05) is 5.32 Å². The van der Waals surface area contributed by atoms with E-state index in [-0.39, 0.29) is 5.91 Å². The highest BCUT2D eigenvalue weighted by molar-refractivity contribution is 7.16. The smallest absolute Gasteiger partial charge is 0.275 e. The van der Waals surface area contributed by atoms with E-state index < -0.39 is 0 Å². The summed E-state index contributed by atoms with van der Waals surface area (Å²) in [6.07, 6.45) is 0.852. The second kappa shape index (κ2) is 6.43. The zero-order valence-corrected chi connectivity index (χ0v) is 13.4. The molecule has 20 heavy (non-hydrogen) atoms. The average Bonchev–Trinajstić information content (AvgIpc) is 2.96. The van der Waals surface area contributed by atoms with E-state index in [0.717, 1.165) is 27.1 Å². The van der Waals surface area contributed by atoms with Crippen LogP contribution in [0.1, 0.15) is 40.0 Å². The van der Waals surface area contributed by atoms with Crippen LogP contribution in [0.4, 0.5) is 5.00 Å². The van der Waals surface area contributed by atoms with Crippen molar-refractivity contribution in [3.63, 3.8) is 0 Å². The Balaban J connectivity index is 2.14. The number of nitrogens with zero attached hydrogens (tertiary/aromatic N) is 2. The molecule has 0 aliphatic carbocycles. The first-order chi connectivity index (χ1) is 9.49. The lowest BCUT2D eigenvalue weighted by molar-refractivity contribution is 0.102. The van der Waals surface area contributed by atoms with Crippen LogP contribution < -0.4 is 11.1 Å². The Kier molecular flexibility index (Phi) is 4.85. The molecule has 0 fully saturated rings. The van der Waals surface area contributed by atoms with Gasteiger partial charge in [-0.3, -0.25) is 4.79 Å². The van der Waals surface area contributed by atoms with Gasteiger partial charge in [0.15, 0.2) is 0 Å². The third kappa shape index (κ3) is 3.62. The maximum atomic E-state index is 12.2. The highest BCUT2D eigenvalue weighted by Gasteiger charge is 2.16. The van der Waals surface area contributed by atoms with Crippen molar-refractivity contribution in [1.82, 2.24) is 9.97 Å². The molecule has 0 bridgehead atoms. The molecule has 1 amide bonds. The molecule has 2 aromatic heterocycles. The fraction of sp³-hybridized carbons (Fsp3) is 0.462. The predicted octanol–water partition coefficient (Wildman–Crippen LogP) is 2.82. The molecule has 0 atom stereocenters. The van der Waals surface area contributed by atoms with Crippen LogP contribution >= 0.6 is 22.7 Å². The van der Waals surface area contributed by atoms with Crippen molar-refractivity contribution in [2.24, 2.45) is 11.7 Å². The summed E-state index contributed by atoms with van der Waals surface area (Å²) in [6.45, 7) is 6.57. The molecule has 7 heteroatoms. The van der Waals surface area contributed by atoms with Crippen molar-refractivity contribution >= 4 is 33.6 Å². The molecule has 2 rings (SSSR count). The first kappa shape index (κ1) is 15.1. The first-order valence-electron chi connectivity index (χ1n) is 6.41. The quantitative estimate of drug-likeness (QED) is 0.890. The summed E-state index contributed by atoms with van der Waals surface area (Å²) in [5.41, 5.74) is 6.87. The van der Waals surface area contributed by atoms with Gasteiger partial charge in [0.05, 0.1) is 10.7 Å². The molecule has 0 aliphatic heterocycles. The van der Waals surface area contributed by atoms with Crippen LogP contribution in [0, 0.1) is 12.8 Å². The second-order valence-corrected chi connectivity index (χ2v) is 7.04. The van der Waals surface area contributed by atoms with Gasteiger partial charge in [0.2, 0.25) is 0 Å². The Morgan fingerprint density at radius 1 is 1.45 bits per heavy atom. The number of anilines is 1. The number of nitrogens with two attached hydrogens (primary N) is 1. The van der Waals surface area contributed by atoms with Gasteiger partial charge in [-0.25, -0.2) is 9.97 Å². The van der Waals surface area contributed by atoms with Crippen molar-refractivity contribution in [1.29, 1.82) is 0 Å². The van der Waals surface area contributed by atoms with Crippen LogP contribution in [0.5, 0.6) is 0 Å². The van der Waals surface area contributed by atoms with E-state index in [4.69, 9.17) is 5.73 Å². The molecule has 0 aliphatic rings. The monoisotopic (exact) mass is 310 g/mol. The molecule has 0 saturated heterocycles. The molecule has 0 radical (unpaired) electrons. The Bertz CT molecular complexity index is 603. The largest absolute Gasteiger partial charge is 0.325 e. The summed E-state index contributed by atoms with van der Waals surface area (Å²) < 4.78 is 0. The first-order valence-corrected chi connectivity index (χ1v) is 8.11. The minimum absolute atomic E-state index is 0.199. The van der Waals surface area contributed by atoms with E-state index in [0.29, 0.717) is 18.2 Å². The minimum atomic E-state index is -0.199. The molecule has 0 spiro atoms. The van der Waals surface area contributed by atoms with E-state index in [1.807, 2.05) is 6.92 Å². The normalized spacial score (nSPS) is 11.1. The summed E-state index contributed by atoms with van der Waals surface area (Å²) in [6, 6.07) is 0. The van der Waals surface area contributed by atoms with E-state index >= 15 is 0 Å². The number of aromatic nitrogens is 2. The number of hydrogen-bond acceptors (Lipinski definition) is 6. The van der Waals surface area contributed by atoms with E-state index in [2.05, 4.69) is 29.1 Å². The number of thiazole rings is 2. The molecule has 2 aromatic rings. The van der Waals surface area contributed by atoms with Gasteiger partial charge in [0.25, 0.3) is 5.91 Å². The number of rotatable bonds is 5. The molecule has 5 nitrogen and oxygen atoms in total. The lowest BCUT2D eigenvalue weighted by Crippen LogP contribution is -2.13. The van der Waals surface area contributed by atoms with Crippen LogP contribution in [0.25, 0.3) is 0 Å². The van der Waals surface area contributed by atoms with Crippen molar-refractivity contribution in [3.8, 4) is 0 Å². The van der Waals surface area contributed by atoms with E-state index in [1.165, 1.54) is 22.7 Å². The predicted molar refractivity (Wildman–Crippen MR) is 83.4 cm³/mol. The molecular weight excluding hydrogens is 292 g/mol. The molecule has 3 N–H and O–H groups in total. The number of carbonyl (C=O) groups excluding carboxylic acids is 1. The van der Waals surface area contributed by atoms with Gasteiger partial charge in [-0.15, -0.1) is 22.7 Å². The Hall–Kier alpha value is -1.31. The molecule has 108 valence electrons. The van der Waals surface area contributed by atoms with Crippen LogP contribution in [0.3, 0.4) is 0 Å². The number of amides is 1. The Morgan fingerprint density at radius 2 is 2.20 bits per heavy atom. The summed E-state index contributed by atoms with van der Waals surface area (Å²) >= 11 is 2.90. The SMILES string of the molecule is Cc1nc(CC(C)C)c(NC(=O)c2csc(CN)n2)s1. The van der Waals surface area contributed by atoms with Crippen molar-refractivity contribution in [2.45, 2.75) is 33.7 Å². The topological polar surface area (TPSA) is 80.9 Å². The molecule has 0 saturated carbocycles. The van der Waals surface area contributed by atoms with Crippen LogP contribution in [-0.4, -0.2) is 15.9 Å². The maximum Gasteiger partial charge on any atom is 0.275 e. The van der Waals surface area contributed by atoms with Gasteiger partial charge in [-0.1, -0.05) is 13.8 Å². The molecule has 0 unspecified atom stereocenters. The zero-order chi connectivity index (χ0) is 14.7. The third-order valence-electron chi connectivity index (χ3n) is 2.59. The molecule has 0 aromatic carbocycles. The fourth-order valence-electron chi connectivity index (χ4n) is 1.77. The summed E-state index contributed by atoms with van der Waals surface area (Å²) in [4.78, 5) is 20.8.